The highest BCUT2D eigenvalue weighted by Crippen LogP contribution is 2.35. The minimum atomic E-state index is -0.407. The van der Waals surface area contributed by atoms with Gasteiger partial charge in [-0.15, -0.1) is 0 Å². The van der Waals surface area contributed by atoms with E-state index in [9.17, 15) is 19.2 Å². The van der Waals surface area contributed by atoms with Crippen LogP contribution in [0.4, 0.5) is 11.4 Å². The highest BCUT2D eigenvalue weighted by atomic mass is 16.5. The van der Waals surface area contributed by atoms with Crippen molar-refractivity contribution in [1.29, 1.82) is 0 Å². The first kappa shape index (κ1) is 38.8. The minimum Gasteiger partial charge on any atom is -0.493 e. The maximum absolute atomic E-state index is 12.5. The quantitative estimate of drug-likeness (QED) is 0.124. The van der Waals surface area contributed by atoms with Gasteiger partial charge in [-0.3, -0.25) is 19.8 Å². The van der Waals surface area contributed by atoms with Crippen LogP contribution in [0.15, 0.2) is 109 Å². The summed E-state index contributed by atoms with van der Waals surface area (Å²) in [5, 5.41) is 19.8. The number of nitrogens with two attached hydrogens (primary N) is 1. The number of hydrogen-bond acceptors (Lipinski definition) is 11. The molecular weight excluding hydrogens is 704 g/mol. The largest absolute Gasteiger partial charge is 0.493 e. The van der Waals surface area contributed by atoms with Crippen molar-refractivity contribution in [2.45, 2.75) is 6.17 Å². The van der Waals surface area contributed by atoms with Gasteiger partial charge in [0.2, 0.25) is 0 Å². The molecule has 55 heavy (non-hydrogen) atoms. The summed E-state index contributed by atoms with van der Waals surface area (Å²) in [4.78, 5) is 48.2. The molecule has 2 aromatic heterocycles. The van der Waals surface area contributed by atoms with Crippen LogP contribution in [0.5, 0.6) is 5.75 Å². The van der Waals surface area contributed by atoms with Crippen LogP contribution < -0.4 is 26.0 Å². The Morgan fingerprint density at radius 3 is 1.85 bits per heavy atom. The Morgan fingerprint density at radius 1 is 0.745 bits per heavy atom. The molecule has 1 aliphatic heterocycles. The molecule has 1 aliphatic rings. The van der Waals surface area contributed by atoms with Gasteiger partial charge in [0.25, 0.3) is 11.8 Å². The third-order valence-corrected chi connectivity index (χ3v) is 8.62. The number of rotatable bonds is 8. The van der Waals surface area contributed by atoms with Gasteiger partial charge in [0.15, 0.2) is 5.75 Å². The number of benzene rings is 4. The van der Waals surface area contributed by atoms with Crippen molar-refractivity contribution in [3.63, 3.8) is 0 Å². The second kappa shape index (κ2) is 17.9. The molecule has 0 saturated carbocycles. The summed E-state index contributed by atoms with van der Waals surface area (Å²) in [6.45, 7) is 0. The SMILES string of the molecule is CNc1ccccc1C(N)=O.COC(=O)c1ccc(-c2[nH]ncc2C2NC(=O)c3ccccc3N2C)cc1.COC(=O)c1ccc(-c2[nH]ncc2OC)cc1. The molecule has 0 radical (unpaired) electrons. The predicted molar refractivity (Wildman–Crippen MR) is 207 cm³/mol. The standard InChI is InChI=1S/C20H18N4O3.C12H12N2O3.C8H10N2O/c1-24-16-6-4-3-5-14(16)19(25)22-18(24)15-11-21-23-17(15)12-7-9-13(10-8-12)20(26)27-2;1-16-10-7-13-14-11(10)8-3-5-9(6-4-8)12(15)17-2;1-10-7-5-3-2-4-6(7)8(9)11/h3-11,18H,1-2H3,(H,21,23)(H,22,25);3-7H,1-2H3,(H,13,14);2-5,10H,1H3,(H2,9,11). The summed E-state index contributed by atoms with van der Waals surface area (Å²) < 4.78 is 14.5. The summed E-state index contributed by atoms with van der Waals surface area (Å²) in [6.07, 6.45) is 2.95. The Kier molecular flexibility index (Phi) is 12.6. The topological polar surface area (TPSA) is 207 Å². The van der Waals surface area contributed by atoms with Gasteiger partial charge in [-0.1, -0.05) is 48.5 Å². The number of fused-ring (bicyclic) bond motifs is 1. The van der Waals surface area contributed by atoms with E-state index >= 15 is 0 Å². The monoisotopic (exact) mass is 744 g/mol. The highest BCUT2D eigenvalue weighted by molar-refractivity contribution is 6.02. The molecule has 1 unspecified atom stereocenters. The van der Waals surface area contributed by atoms with E-state index in [1.165, 1.54) is 14.2 Å². The average molecular weight is 745 g/mol. The molecule has 0 saturated heterocycles. The first-order valence-corrected chi connectivity index (χ1v) is 16.8. The summed E-state index contributed by atoms with van der Waals surface area (Å²) in [5.41, 5.74) is 13.0. The van der Waals surface area contributed by atoms with Gasteiger partial charge in [0.1, 0.15) is 11.9 Å². The molecule has 0 fully saturated rings. The molecule has 7 rings (SSSR count). The average Bonchev–Trinajstić information content (AvgIpc) is 3.93. The van der Waals surface area contributed by atoms with Crippen molar-refractivity contribution < 1.29 is 33.4 Å². The van der Waals surface area contributed by atoms with Crippen molar-refractivity contribution in [2.24, 2.45) is 5.73 Å². The van der Waals surface area contributed by atoms with Crippen LogP contribution in [0, 0.1) is 0 Å². The van der Waals surface area contributed by atoms with Crippen LogP contribution in [-0.4, -0.2) is 79.6 Å². The van der Waals surface area contributed by atoms with E-state index < -0.39 is 5.91 Å². The van der Waals surface area contributed by atoms with Crippen LogP contribution >= 0.6 is 0 Å². The van der Waals surface area contributed by atoms with Gasteiger partial charge in [0, 0.05) is 36.5 Å². The van der Waals surface area contributed by atoms with E-state index in [-0.39, 0.29) is 24.0 Å². The van der Waals surface area contributed by atoms with E-state index in [2.05, 4.69) is 35.8 Å². The first-order valence-electron chi connectivity index (χ1n) is 16.8. The molecule has 6 N–H and O–H groups in total. The number of amides is 2. The highest BCUT2D eigenvalue weighted by Gasteiger charge is 2.31. The normalized spacial score (nSPS) is 12.7. The number of nitrogens with one attached hydrogen (secondary N) is 4. The fraction of sp³-hybridized carbons (Fsp3) is 0.150. The Balaban J connectivity index is 0.000000177. The lowest BCUT2D eigenvalue weighted by Crippen LogP contribution is -2.44. The second-order valence-corrected chi connectivity index (χ2v) is 11.8. The molecule has 3 heterocycles. The zero-order valence-corrected chi connectivity index (χ0v) is 30.7. The van der Waals surface area contributed by atoms with Crippen molar-refractivity contribution in [2.75, 3.05) is 45.6 Å². The van der Waals surface area contributed by atoms with Crippen LogP contribution in [0.3, 0.4) is 0 Å². The minimum absolute atomic E-state index is 0.123. The van der Waals surface area contributed by atoms with Crippen LogP contribution in [-0.2, 0) is 9.47 Å². The summed E-state index contributed by atoms with van der Waals surface area (Å²) in [6, 6.07) is 28.6. The zero-order chi connectivity index (χ0) is 39.5. The van der Waals surface area contributed by atoms with Crippen LogP contribution in [0.2, 0.25) is 0 Å². The fourth-order valence-electron chi connectivity index (χ4n) is 5.77. The Hall–Kier alpha value is -7.42. The molecule has 15 heteroatoms. The second-order valence-electron chi connectivity index (χ2n) is 11.8. The van der Waals surface area contributed by atoms with Crippen LogP contribution in [0.1, 0.15) is 53.2 Å². The van der Waals surface area contributed by atoms with Crippen molar-refractivity contribution in [3.8, 4) is 28.3 Å². The summed E-state index contributed by atoms with van der Waals surface area (Å²) >= 11 is 0. The lowest BCUT2D eigenvalue weighted by Gasteiger charge is -2.36. The number of esters is 2. The van der Waals surface area contributed by atoms with Gasteiger partial charge in [0.05, 0.1) is 67.4 Å². The van der Waals surface area contributed by atoms with Gasteiger partial charge in [-0.2, -0.15) is 10.2 Å². The summed E-state index contributed by atoms with van der Waals surface area (Å²) in [7, 11) is 7.97. The maximum Gasteiger partial charge on any atom is 0.337 e. The molecule has 1 atom stereocenters. The Morgan fingerprint density at radius 2 is 1.29 bits per heavy atom. The van der Waals surface area contributed by atoms with Crippen molar-refractivity contribution in [3.05, 3.63) is 137 Å². The van der Waals surface area contributed by atoms with Gasteiger partial charge in [-0.25, -0.2) is 9.59 Å². The van der Waals surface area contributed by atoms with Gasteiger partial charge < -0.3 is 35.5 Å². The lowest BCUT2D eigenvalue weighted by molar-refractivity contribution is 0.0592. The number of carbonyl (C=O) groups excluding carboxylic acids is 4. The molecule has 0 spiro atoms. The number of H-pyrrole nitrogens is 2. The molecule has 282 valence electrons. The number of carbonyl (C=O) groups is 4. The molecule has 15 nitrogen and oxygen atoms in total. The number of methoxy groups -OCH3 is 3. The summed E-state index contributed by atoms with van der Waals surface area (Å²) in [5.74, 6) is -0.608. The Labute approximate surface area is 316 Å². The zero-order valence-electron chi connectivity index (χ0n) is 30.7. The molecule has 6 aromatic rings. The third-order valence-electron chi connectivity index (χ3n) is 8.62. The molecule has 0 aliphatic carbocycles. The fourth-order valence-corrected chi connectivity index (χ4v) is 5.77. The molecule has 2 amide bonds. The van der Waals surface area contributed by atoms with Crippen molar-refractivity contribution >= 4 is 35.1 Å². The van der Waals surface area contributed by atoms with E-state index in [4.69, 9.17) is 15.2 Å². The van der Waals surface area contributed by atoms with E-state index in [0.29, 0.717) is 28.0 Å². The van der Waals surface area contributed by atoms with Crippen LogP contribution in [0.25, 0.3) is 22.5 Å². The van der Waals surface area contributed by atoms with E-state index in [1.807, 2.05) is 60.5 Å². The number of aromatic nitrogens is 4. The molecule has 0 bridgehead atoms. The molecule has 4 aromatic carbocycles. The number of ether oxygens (including phenoxy) is 3. The number of aromatic amines is 2. The predicted octanol–water partition coefficient (Wildman–Crippen LogP) is 5.44. The lowest BCUT2D eigenvalue weighted by atomic mass is 10.0. The number of para-hydroxylation sites is 2. The molecular formula is C40H40N8O7. The number of nitrogens with zero attached hydrogens (tertiary/aromatic N) is 3. The smallest absolute Gasteiger partial charge is 0.337 e. The maximum atomic E-state index is 12.5. The van der Waals surface area contributed by atoms with Crippen molar-refractivity contribution in [1.82, 2.24) is 25.7 Å². The van der Waals surface area contributed by atoms with Gasteiger partial charge in [-0.05, 0) is 48.5 Å². The van der Waals surface area contributed by atoms with E-state index in [0.717, 1.165) is 39.5 Å². The number of anilines is 2. The Bertz CT molecular complexity index is 2270. The number of hydrogen-bond donors (Lipinski definition) is 5. The first-order chi connectivity index (χ1) is 26.6. The number of primary amides is 1. The third kappa shape index (κ3) is 8.80. The van der Waals surface area contributed by atoms with Gasteiger partial charge >= 0.3 is 11.9 Å². The van der Waals surface area contributed by atoms with E-state index in [1.54, 1.807) is 75.1 Å².